The lowest BCUT2D eigenvalue weighted by atomic mass is 9.99. The zero-order chi connectivity index (χ0) is 10.1. The molecule has 3 heteroatoms. The van der Waals surface area contributed by atoms with Crippen molar-refractivity contribution in [2.24, 2.45) is 0 Å². The van der Waals surface area contributed by atoms with E-state index in [-0.39, 0.29) is 0 Å². The highest BCUT2D eigenvalue weighted by molar-refractivity contribution is 9.10. The summed E-state index contributed by atoms with van der Waals surface area (Å²) in [5, 5.41) is 10.3. The minimum atomic E-state index is -0.673. The summed E-state index contributed by atoms with van der Waals surface area (Å²) in [4.78, 5) is 0. The van der Waals surface area contributed by atoms with E-state index in [1.807, 2.05) is 18.2 Å². The molecule has 1 aromatic rings. The number of hydrogen-bond acceptors (Lipinski definition) is 1. The van der Waals surface area contributed by atoms with Gasteiger partial charge in [0.15, 0.2) is 0 Å². The van der Waals surface area contributed by atoms with Crippen molar-refractivity contribution in [3.8, 4) is 0 Å². The van der Waals surface area contributed by atoms with Crippen LogP contribution in [-0.2, 0) is 6.42 Å². The van der Waals surface area contributed by atoms with Gasteiger partial charge in [-0.3, -0.25) is 0 Å². The van der Waals surface area contributed by atoms with Crippen molar-refractivity contribution in [1.82, 2.24) is 0 Å². The Labute approximate surface area is 91.9 Å². The third-order valence-electron chi connectivity index (χ3n) is 1.62. The molecule has 0 atom stereocenters. The van der Waals surface area contributed by atoms with Gasteiger partial charge in [-0.05, 0) is 47.5 Å². The minimum Gasteiger partial charge on any atom is -0.390 e. The smallest absolute Gasteiger partial charge is 0.0631 e. The molecule has 0 aliphatic heterocycles. The van der Waals surface area contributed by atoms with Crippen LogP contribution in [0.3, 0.4) is 0 Å². The summed E-state index contributed by atoms with van der Waals surface area (Å²) in [5.41, 5.74) is 0.400. The summed E-state index contributed by atoms with van der Waals surface area (Å²) in [7, 11) is 0. The second kappa shape index (κ2) is 3.99. The molecule has 0 fully saturated rings. The number of aliphatic hydroxyl groups is 1. The van der Waals surface area contributed by atoms with E-state index in [0.717, 1.165) is 10.0 Å². The third-order valence-corrected chi connectivity index (χ3v) is 2.83. The van der Waals surface area contributed by atoms with Gasteiger partial charge in [0.05, 0.1) is 10.6 Å². The van der Waals surface area contributed by atoms with Gasteiger partial charge >= 0.3 is 0 Å². The van der Waals surface area contributed by atoms with Gasteiger partial charge in [-0.1, -0.05) is 17.7 Å². The first-order chi connectivity index (χ1) is 5.88. The average molecular weight is 264 g/mol. The molecular weight excluding hydrogens is 251 g/mol. The maximum absolute atomic E-state index is 9.58. The van der Waals surface area contributed by atoms with Gasteiger partial charge in [0.2, 0.25) is 0 Å². The lowest BCUT2D eigenvalue weighted by Gasteiger charge is -2.17. The summed E-state index contributed by atoms with van der Waals surface area (Å²) in [5.74, 6) is 0. The molecule has 1 nitrogen and oxygen atoms in total. The summed E-state index contributed by atoms with van der Waals surface area (Å²) >= 11 is 9.18. The highest BCUT2D eigenvalue weighted by Gasteiger charge is 2.13. The van der Waals surface area contributed by atoms with E-state index >= 15 is 0 Å². The molecule has 13 heavy (non-hydrogen) atoms. The number of rotatable bonds is 2. The molecule has 0 spiro atoms. The Kier molecular flexibility index (Phi) is 3.38. The fourth-order valence-electron chi connectivity index (χ4n) is 1.15. The summed E-state index contributed by atoms with van der Waals surface area (Å²) in [6.07, 6.45) is 0.628. The second-order valence-corrected chi connectivity index (χ2v) is 5.00. The molecule has 0 aromatic heterocycles. The monoisotopic (exact) mass is 262 g/mol. The molecule has 1 rings (SSSR count). The first kappa shape index (κ1) is 11.0. The van der Waals surface area contributed by atoms with E-state index in [0.29, 0.717) is 11.4 Å². The van der Waals surface area contributed by atoms with E-state index in [1.165, 1.54) is 0 Å². The topological polar surface area (TPSA) is 20.2 Å². The largest absolute Gasteiger partial charge is 0.390 e. The van der Waals surface area contributed by atoms with Crippen molar-refractivity contribution in [1.29, 1.82) is 0 Å². The van der Waals surface area contributed by atoms with Crippen LogP contribution in [0.4, 0.5) is 0 Å². The zero-order valence-electron chi connectivity index (χ0n) is 7.64. The van der Waals surface area contributed by atoms with E-state index in [4.69, 9.17) is 11.6 Å². The Bertz CT molecular complexity index is 304. The first-order valence-electron chi connectivity index (χ1n) is 4.05. The average Bonchev–Trinajstić information content (AvgIpc) is 1.94. The molecule has 1 N–H and O–H groups in total. The van der Waals surface area contributed by atoms with E-state index < -0.39 is 5.60 Å². The molecule has 0 heterocycles. The lowest BCUT2D eigenvalue weighted by molar-refractivity contribution is 0.0810. The summed E-state index contributed by atoms with van der Waals surface area (Å²) in [6.45, 7) is 3.57. The molecule has 0 amide bonds. The minimum absolute atomic E-state index is 0.628. The van der Waals surface area contributed by atoms with Gasteiger partial charge in [-0.2, -0.15) is 0 Å². The molecule has 72 valence electrons. The van der Waals surface area contributed by atoms with Crippen LogP contribution in [0, 0.1) is 0 Å². The van der Waals surface area contributed by atoms with Crippen LogP contribution in [0.5, 0.6) is 0 Å². The van der Waals surface area contributed by atoms with Gasteiger partial charge in [-0.15, -0.1) is 0 Å². The Morgan fingerprint density at radius 2 is 2.08 bits per heavy atom. The number of hydrogen-bond donors (Lipinski definition) is 1. The maximum atomic E-state index is 9.58. The van der Waals surface area contributed by atoms with Crippen LogP contribution >= 0.6 is 27.5 Å². The molecule has 0 saturated heterocycles. The quantitative estimate of drug-likeness (QED) is 0.867. The second-order valence-electron chi connectivity index (χ2n) is 3.74. The molecule has 0 aliphatic rings. The molecule has 0 radical (unpaired) electrons. The number of halogens is 2. The van der Waals surface area contributed by atoms with Gasteiger partial charge in [0, 0.05) is 10.9 Å². The van der Waals surface area contributed by atoms with Crippen LogP contribution in [0.2, 0.25) is 5.02 Å². The van der Waals surface area contributed by atoms with Gasteiger partial charge in [-0.25, -0.2) is 0 Å². The van der Waals surface area contributed by atoms with E-state index in [1.54, 1.807) is 13.8 Å². The van der Waals surface area contributed by atoms with Crippen LogP contribution < -0.4 is 0 Å². The summed E-state index contributed by atoms with van der Waals surface area (Å²) in [6, 6.07) is 5.68. The number of benzene rings is 1. The maximum Gasteiger partial charge on any atom is 0.0631 e. The molecule has 0 unspecified atom stereocenters. The van der Waals surface area contributed by atoms with Gasteiger partial charge in [0.1, 0.15) is 0 Å². The predicted octanol–water partition coefficient (Wildman–Crippen LogP) is 3.42. The Hall–Kier alpha value is -0.0500. The first-order valence-corrected chi connectivity index (χ1v) is 5.22. The van der Waals surface area contributed by atoms with Crippen molar-refractivity contribution in [2.75, 3.05) is 0 Å². The van der Waals surface area contributed by atoms with Crippen LogP contribution in [-0.4, -0.2) is 10.7 Å². The molecule has 0 saturated carbocycles. The molecule has 0 aliphatic carbocycles. The standard InChI is InChI=1S/C10H12BrClO/c1-10(2,13)6-7-3-4-9(12)8(11)5-7/h3-5,13H,6H2,1-2H3. The van der Waals surface area contributed by atoms with Crippen molar-refractivity contribution < 1.29 is 5.11 Å². The van der Waals surface area contributed by atoms with Crippen LogP contribution in [0.25, 0.3) is 0 Å². The fraction of sp³-hybridized carbons (Fsp3) is 0.400. The van der Waals surface area contributed by atoms with Crippen molar-refractivity contribution >= 4 is 27.5 Å². The van der Waals surface area contributed by atoms with Gasteiger partial charge < -0.3 is 5.11 Å². The zero-order valence-corrected chi connectivity index (χ0v) is 9.98. The Morgan fingerprint density at radius 3 is 2.54 bits per heavy atom. The highest BCUT2D eigenvalue weighted by atomic mass is 79.9. The Morgan fingerprint density at radius 1 is 1.46 bits per heavy atom. The molecular formula is C10H12BrClO. The lowest BCUT2D eigenvalue weighted by Crippen LogP contribution is -2.21. The van der Waals surface area contributed by atoms with Crippen LogP contribution in [0.1, 0.15) is 19.4 Å². The van der Waals surface area contributed by atoms with E-state index in [2.05, 4.69) is 15.9 Å². The Balaban J connectivity index is 2.86. The SMILES string of the molecule is CC(C)(O)Cc1ccc(Cl)c(Br)c1. The van der Waals surface area contributed by atoms with Crippen molar-refractivity contribution in [3.05, 3.63) is 33.3 Å². The predicted molar refractivity (Wildman–Crippen MR) is 59.2 cm³/mol. The normalized spacial score (nSPS) is 11.8. The molecule has 0 bridgehead atoms. The fourth-order valence-corrected chi connectivity index (χ4v) is 1.69. The molecule has 1 aromatic carbocycles. The van der Waals surface area contributed by atoms with Crippen molar-refractivity contribution in [3.63, 3.8) is 0 Å². The van der Waals surface area contributed by atoms with Crippen molar-refractivity contribution in [2.45, 2.75) is 25.9 Å². The summed E-state index contributed by atoms with van der Waals surface area (Å²) < 4.78 is 0.871. The highest BCUT2D eigenvalue weighted by Crippen LogP contribution is 2.24. The van der Waals surface area contributed by atoms with E-state index in [9.17, 15) is 5.11 Å². The van der Waals surface area contributed by atoms with Crippen LogP contribution in [0.15, 0.2) is 22.7 Å². The third kappa shape index (κ3) is 3.67. The van der Waals surface area contributed by atoms with Gasteiger partial charge in [0.25, 0.3) is 0 Å².